The van der Waals surface area contributed by atoms with Crippen molar-refractivity contribution in [3.8, 4) is 6.07 Å². The van der Waals surface area contributed by atoms with Gasteiger partial charge in [-0.3, -0.25) is 0 Å². The quantitative estimate of drug-likeness (QED) is 0.713. The maximum absolute atomic E-state index is 8.81. The van der Waals surface area contributed by atoms with Crippen LogP contribution in [0.25, 0.3) is 0 Å². The van der Waals surface area contributed by atoms with Gasteiger partial charge in [0.2, 0.25) is 5.95 Å². The molecule has 6 nitrogen and oxygen atoms in total. The molecule has 0 amide bonds. The fourth-order valence-electron chi connectivity index (χ4n) is 1.91. The van der Waals surface area contributed by atoms with Crippen LogP contribution in [-0.2, 0) is 0 Å². The average Bonchev–Trinajstić information content (AvgIpc) is 2.60. The maximum Gasteiger partial charge on any atom is 0.249 e. The van der Waals surface area contributed by atoms with Crippen molar-refractivity contribution in [2.75, 3.05) is 10.6 Å². The molecule has 3 rings (SSSR count). The Morgan fingerprint density at radius 1 is 1.00 bits per heavy atom. The highest BCUT2D eigenvalue weighted by Crippen LogP contribution is 2.31. The minimum atomic E-state index is 0.276. The van der Waals surface area contributed by atoms with Crippen molar-refractivity contribution in [3.05, 3.63) is 64.3 Å². The first kappa shape index (κ1) is 16.0. The van der Waals surface area contributed by atoms with E-state index in [0.29, 0.717) is 27.1 Å². The van der Waals surface area contributed by atoms with E-state index in [1.54, 1.807) is 42.5 Å². The topological polar surface area (TPSA) is 86.5 Å². The second-order valence-electron chi connectivity index (χ2n) is 4.71. The Labute approximate surface area is 148 Å². The van der Waals surface area contributed by atoms with Gasteiger partial charge in [0.15, 0.2) is 5.82 Å². The standard InChI is InChI=1S/C16H10Cl2N6/c17-12-2-1-3-13(15(12)18)22-16-23-14(9-20-24-16)21-11-6-4-10(8-19)5-7-11/h1-7,9H,(H2,21,22,23,24). The molecule has 0 bridgehead atoms. The molecule has 1 heterocycles. The Morgan fingerprint density at radius 3 is 2.54 bits per heavy atom. The summed E-state index contributed by atoms with van der Waals surface area (Å²) in [6, 6.07) is 14.3. The van der Waals surface area contributed by atoms with Crippen LogP contribution in [0.1, 0.15) is 5.56 Å². The number of hydrogen-bond acceptors (Lipinski definition) is 6. The van der Waals surface area contributed by atoms with Crippen LogP contribution in [0.3, 0.4) is 0 Å². The van der Waals surface area contributed by atoms with E-state index in [1.165, 1.54) is 6.20 Å². The van der Waals surface area contributed by atoms with Gasteiger partial charge in [-0.25, -0.2) is 0 Å². The summed E-state index contributed by atoms with van der Waals surface area (Å²) in [6.45, 7) is 0. The van der Waals surface area contributed by atoms with E-state index in [-0.39, 0.29) is 5.95 Å². The van der Waals surface area contributed by atoms with E-state index in [4.69, 9.17) is 28.5 Å². The highest BCUT2D eigenvalue weighted by atomic mass is 35.5. The van der Waals surface area contributed by atoms with Gasteiger partial charge < -0.3 is 10.6 Å². The lowest BCUT2D eigenvalue weighted by Crippen LogP contribution is -2.02. The molecule has 0 fully saturated rings. The Balaban J connectivity index is 1.78. The van der Waals surface area contributed by atoms with E-state index in [1.807, 2.05) is 0 Å². The minimum absolute atomic E-state index is 0.276. The summed E-state index contributed by atoms with van der Waals surface area (Å²) in [6.07, 6.45) is 1.49. The van der Waals surface area contributed by atoms with Crippen molar-refractivity contribution in [1.82, 2.24) is 15.2 Å². The number of anilines is 4. The van der Waals surface area contributed by atoms with Crippen LogP contribution in [0.4, 0.5) is 23.1 Å². The zero-order valence-corrected chi connectivity index (χ0v) is 13.7. The summed E-state index contributed by atoms with van der Waals surface area (Å²) in [5, 5.41) is 23.5. The van der Waals surface area contributed by atoms with E-state index in [9.17, 15) is 0 Å². The van der Waals surface area contributed by atoms with Crippen LogP contribution in [0.5, 0.6) is 0 Å². The Bertz CT molecular complexity index is 905. The molecule has 0 saturated heterocycles. The first-order valence-corrected chi connectivity index (χ1v) is 7.59. The fourth-order valence-corrected chi connectivity index (χ4v) is 2.26. The zero-order chi connectivity index (χ0) is 16.9. The molecule has 2 aromatic carbocycles. The van der Waals surface area contributed by atoms with Crippen molar-refractivity contribution >= 4 is 46.3 Å². The predicted octanol–water partition coefficient (Wildman–Crippen LogP) is 4.54. The summed E-state index contributed by atoms with van der Waals surface area (Å²) >= 11 is 12.1. The third kappa shape index (κ3) is 3.71. The summed E-state index contributed by atoms with van der Waals surface area (Å²) in [5.74, 6) is 0.771. The first-order valence-electron chi connectivity index (χ1n) is 6.83. The zero-order valence-electron chi connectivity index (χ0n) is 12.2. The lowest BCUT2D eigenvalue weighted by molar-refractivity contribution is 0.982. The molecule has 1 aromatic heterocycles. The third-order valence-corrected chi connectivity index (χ3v) is 3.86. The lowest BCUT2D eigenvalue weighted by atomic mass is 10.2. The van der Waals surface area contributed by atoms with Crippen molar-refractivity contribution in [3.63, 3.8) is 0 Å². The van der Waals surface area contributed by atoms with Gasteiger partial charge in [-0.05, 0) is 36.4 Å². The molecule has 0 saturated carbocycles. The Kier molecular flexibility index (Phi) is 4.75. The van der Waals surface area contributed by atoms with Crippen molar-refractivity contribution in [1.29, 1.82) is 5.26 Å². The Hall–Kier alpha value is -2.88. The molecule has 0 unspecified atom stereocenters. The number of nitriles is 1. The van der Waals surface area contributed by atoms with E-state index >= 15 is 0 Å². The number of rotatable bonds is 4. The van der Waals surface area contributed by atoms with Crippen LogP contribution in [-0.4, -0.2) is 15.2 Å². The van der Waals surface area contributed by atoms with Crippen molar-refractivity contribution in [2.24, 2.45) is 0 Å². The van der Waals surface area contributed by atoms with E-state index < -0.39 is 0 Å². The van der Waals surface area contributed by atoms with Gasteiger partial charge in [0, 0.05) is 5.69 Å². The van der Waals surface area contributed by atoms with Crippen LogP contribution in [0, 0.1) is 11.3 Å². The largest absolute Gasteiger partial charge is 0.339 e. The maximum atomic E-state index is 8.81. The van der Waals surface area contributed by atoms with Crippen LogP contribution < -0.4 is 10.6 Å². The van der Waals surface area contributed by atoms with E-state index in [0.717, 1.165) is 5.69 Å². The molecular weight excluding hydrogens is 347 g/mol. The fraction of sp³-hybridized carbons (Fsp3) is 0. The number of benzene rings is 2. The van der Waals surface area contributed by atoms with Gasteiger partial charge in [0.25, 0.3) is 0 Å². The second kappa shape index (κ2) is 7.13. The van der Waals surface area contributed by atoms with Gasteiger partial charge in [-0.1, -0.05) is 29.3 Å². The number of nitrogens with zero attached hydrogens (tertiary/aromatic N) is 4. The molecule has 0 atom stereocenters. The molecule has 0 aliphatic rings. The average molecular weight is 357 g/mol. The third-order valence-electron chi connectivity index (χ3n) is 3.04. The molecule has 2 N–H and O–H groups in total. The minimum Gasteiger partial charge on any atom is -0.339 e. The molecule has 8 heteroatoms. The van der Waals surface area contributed by atoms with Gasteiger partial charge in [-0.15, -0.1) is 5.10 Å². The molecule has 24 heavy (non-hydrogen) atoms. The summed E-state index contributed by atoms with van der Waals surface area (Å²) in [7, 11) is 0. The first-order chi connectivity index (χ1) is 11.7. The van der Waals surface area contributed by atoms with Gasteiger partial charge >= 0.3 is 0 Å². The molecule has 0 aliphatic carbocycles. The molecule has 0 spiro atoms. The smallest absolute Gasteiger partial charge is 0.249 e. The van der Waals surface area contributed by atoms with Crippen LogP contribution >= 0.6 is 23.2 Å². The summed E-state index contributed by atoms with van der Waals surface area (Å²) in [4.78, 5) is 4.31. The molecule has 118 valence electrons. The van der Waals surface area contributed by atoms with Gasteiger partial charge in [0.05, 0.1) is 33.6 Å². The summed E-state index contributed by atoms with van der Waals surface area (Å²) < 4.78 is 0. The normalized spacial score (nSPS) is 10.0. The number of halogens is 2. The molecule has 0 radical (unpaired) electrons. The van der Waals surface area contributed by atoms with Crippen molar-refractivity contribution < 1.29 is 0 Å². The molecule has 3 aromatic rings. The molecular formula is C16H10Cl2N6. The van der Waals surface area contributed by atoms with E-state index in [2.05, 4.69) is 31.9 Å². The highest BCUT2D eigenvalue weighted by Gasteiger charge is 2.07. The lowest BCUT2D eigenvalue weighted by Gasteiger charge is -2.09. The number of aromatic nitrogens is 3. The number of nitrogens with one attached hydrogen (secondary N) is 2. The monoisotopic (exact) mass is 356 g/mol. The van der Waals surface area contributed by atoms with Crippen molar-refractivity contribution in [2.45, 2.75) is 0 Å². The van der Waals surface area contributed by atoms with Gasteiger partial charge in [-0.2, -0.15) is 15.3 Å². The number of hydrogen-bond donors (Lipinski definition) is 2. The van der Waals surface area contributed by atoms with Crippen LogP contribution in [0.2, 0.25) is 10.0 Å². The second-order valence-corrected chi connectivity index (χ2v) is 5.49. The molecule has 0 aliphatic heterocycles. The SMILES string of the molecule is N#Cc1ccc(Nc2cnnc(Nc3cccc(Cl)c3Cl)n2)cc1. The predicted molar refractivity (Wildman–Crippen MR) is 94.0 cm³/mol. The van der Waals surface area contributed by atoms with Gasteiger partial charge in [0.1, 0.15) is 0 Å². The highest BCUT2D eigenvalue weighted by molar-refractivity contribution is 6.43. The van der Waals surface area contributed by atoms with Crippen LogP contribution in [0.15, 0.2) is 48.7 Å². The summed E-state index contributed by atoms with van der Waals surface area (Å²) in [5.41, 5.74) is 1.95. The Morgan fingerprint density at radius 2 is 1.79 bits per heavy atom.